The van der Waals surface area contributed by atoms with Crippen molar-refractivity contribution in [1.29, 1.82) is 0 Å². The van der Waals surface area contributed by atoms with Crippen molar-refractivity contribution in [3.05, 3.63) is 15.8 Å². The third kappa shape index (κ3) is 3.73. The quantitative estimate of drug-likeness (QED) is 0.331. The van der Waals surface area contributed by atoms with E-state index in [1.54, 1.807) is 0 Å². The van der Waals surface area contributed by atoms with Gasteiger partial charge in [-0.1, -0.05) is 13.8 Å². The summed E-state index contributed by atoms with van der Waals surface area (Å²) in [5, 5.41) is 23.0. The second kappa shape index (κ2) is 5.76. The fraction of sp³-hybridized carbons (Fsp3) is 0.600. The molecule has 9 nitrogen and oxygen atoms in total. The summed E-state index contributed by atoms with van der Waals surface area (Å²) in [7, 11) is 0. The van der Waals surface area contributed by atoms with Gasteiger partial charge in [0.25, 0.3) is 0 Å². The van der Waals surface area contributed by atoms with Crippen LogP contribution in [0.15, 0.2) is 0 Å². The average Bonchev–Trinajstić information content (AvgIpc) is 2.35. The molecule has 0 aromatic carbocycles. The minimum absolute atomic E-state index is 0.0557. The second-order valence-corrected chi connectivity index (χ2v) is 4.91. The molecule has 0 aliphatic heterocycles. The molecule has 1 heterocycles. The molecule has 0 saturated heterocycles. The molecular formula is C10H18N6O3. The number of anilines is 2. The van der Waals surface area contributed by atoms with Crippen molar-refractivity contribution in [3.63, 3.8) is 0 Å². The van der Waals surface area contributed by atoms with E-state index in [4.69, 9.17) is 10.9 Å². The van der Waals surface area contributed by atoms with E-state index in [9.17, 15) is 10.1 Å². The normalized spacial score (nSPS) is 11.2. The lowest BCUT2D eigenvalue weighted by molar-refractivity contribution is -0.385. The van der Waals surface area contributed by atoms with Crippen LogP contribution in [-0.2, 0) is 0 Å². The van der Waals surface area contributed by atoms with Gasteiger partial charge in [-0.15, -0.1) is 0 Å². The number of aliphatic hydroxyl groups is 1. The molecule has 0 amide bonds. The maximum Gasteiger partial charge on any atom is 0.332 e. The molecule has 0 radical (unpaired) electrons. The Morgan fingerprint density at radius 2 is 2.11 bits per heavy atom. The number of nitro groups is 1. The summed E-state index contributed by atoms with van der Waals surface area (Å²) in [6, 6.07) is 0. The number of aromatic nitrogens is 2. The van der Waals surface area contributed by atoms with Gasteiger partial charge in [0.05, 0.1) is 4.92 Å². The summed E-state index contributed by atoms with van der Waals surface area (Å²) in [5.74, 6) is 5.38. The SMILES string of the molecule is Cc1nc(NN)nc(NCC(C)(C)CO)c1[N+](=O)[O-]. The Balaban J connectivity index is 3.10. The second-order valence-electron chi connectivity index (χ2n) is 4.91. The fourth-order valence-corrected chi connectivity index (χ4v) is 1.35. The molecule has 0 fully saturated rings. The van der Waals surface area contributed by atoms with Crippen molar-refractivity contribution in [2.24, 2.45) is 11.3 Å². The minimum Gasteiger partial charge on any atom is -0.396 e. The van der Waals surface area contributed by atoms with Crippen molar-refractivity contribution in [2.75, 3.05) is 23.9 Å². The van der Waals surface area contributed by atoms with E-state index in [0.717, 1.165) is 0 Å². The van der Waals surface area contributed by atoms with Crippen molar-refractivity contribution >= 4 is 17.5 Å². The third-order valence-corrected chi connectivity index (χ3v) is 2.53. The van der Waals surface area contributed by atoms with Gasteiger partial charge in [0, 0.05) is 18.6 Å². The van der Waals surface area contributed by atoms with Crippen LogP contribution in [0, 0.1) is 22.5 Å². The average molecular weight is 270 g/mol. The van der Waals surface area contributed by atoms with Gasteiger partial charge in [-0.05, 0) is 6.92 Å². The molecule has 1 rings (SSSR count). The molecule has 1 aromatic heterocycles. The zero-order valence-electron chi connectivity index (χ0n) is 11.1. The highest BCUT2D eigenvalue weighted by Gasteiger charge is 2.24. The molecule has 0 aliphatic carbocycles. The van der Waals surface area contributed by atoms with Crippen molar-refractivity contribution in [3.8, 4) is 0 Å². The van der Waals surface area contributed by atoms with Crippen LogP contribution in [0.25, 0.3) is 0 Å². The smallest absolute Gasteiger partial charge is 0.332 e. The van der Waals surface area contributed by atoms with Crippen LogP contribution < -0.4 is 16.6 Å². The molecule has 0 spiro atoms. The van der Waals surface area contributed by atoms with Crippen LogP contribution in [0.4, 0.5) is 17.5 Å². The number of aliphatic hydroxyl groups excluding tert-OH is 1. The van der Waals surface area contributed by atoms with Crippen LogP contribution in [0.1, 0.15) is 19.5 Å². The van der Waals surface area contributed by atoms with Gasteiger partial charge in [0.2, 0.25) is 11.8 Å². The number of hydrogen-bond acceptors (Lipinski definition) is 8. The van der Waals surface area contributed by atoms with E-state index >= 15 is 0 Å². The number of hydrazine groups is 1. The number of rotatable bonds is 6. The Bertz CT molecular complexity index is 477. The van der Waals surface area contributed by atoms with Crippen LogP contribution in [0.3, 0.4) is 0 Å². The number of hydrogen-bond donors (Lipinski definition) is 4. The highest BCUT2D eigenvalue weighted by Crippen LogP contribution is 2.27. The first-order chi connectivity index (χ1) is 8.80. The van der Waals surface area contributed by atoms with E-state index < -0.39 is 10.3 Å². The monoisotopic (exact) mass is 270 g/mol. The standard InChI is InChI=1S/C10H18N6O3/c1-6-7(16(18)19)8(14-9(13-6)15-11)12-4-10(2,3)5-17/h17H,4-5,11H2,1-3H3,(H2,12,13,14,15). The van der Waals surface area contributed by atoms with E-state index in [0.29, 0.717) is 6.54 Å². The van der Waals surface area contributed by atoms with Crippen molar-refractivity contribution < 1.29 is 10.0 Å². The van der Waals surface area contributed by atoms with E-state index in [1.165, 1.54) is 6.92 Å². The van der Waals surface area contributed by atoms with Crippen LogP contribution >= 0.6 is 0 Å². The predicted molar refractivity (Wildman–Crippen MR) is 70.6 cm³/mol. The first-order valence-corrected chi connectivity index (χ1v) is 5.65. The van der Waals surface area contributed by atoms with Crippen molar-refractivity contribution in [2.45, 2.75) is 20.8 Å². The summed E-state index contributed by atoms with van der Waals surface area (Å²) >= 11 is 0. The van der Waals surface area contributed by atoms with Crippen LogP contribution in [0.2, 0.25) is 0 Å². The lowest BCUT2D eigenvalue weighted by Crippen LogP contribution is -2.27. The Labute approximate surface area is 110 Å². The first kappa shape index (κ1) is 15.1. The number of nitrogens with zero attached hydrogens (tertiary/aromatic N) is 3. The van der Waals surface area contributed by atoms with Crippen molar-refractivity contribution in [1.82, 2.24) is 9.97 Å². The molecule has 9 heteroatoms. The molecule has 0 atom stereocenters. The lowest BCUT2D eigenvalue weighted by Gasteiger charge is -2.22. The third-order valence-electron chi connectivity index (χ3n) is 2.53. The summed E-state index contributed by atoms with van der Waals surface area (Å²) in [4.78, 5) is 18.3. The fourth-order valence-electron chi connectivity index (χ4n) is 1.35. The van der Waals surface area contributed by atoms with Gasteiger partial charge in [0.15, 0.2) is 0 Å². The summed E-state index contributed by atoms with van der Waals surface area (Å²) in [6.45, 7) is 5.41. The van der Waals surface area contributed by atoms with Gasteiger partial charge < -0.3 is 10.4 Å². The summed E-state index contributed by atoms with van der Waals surface area (Å²) < 4.78 is 0. The predicted octanol–water partition coefficient (Wildman–Crippen LogP) is 0.409. The van der Waals surface area contributed by atoms with Crippen LogP contribution in [-0.4, -0.2) is 33.1 Å². The van der Waals surface area contributed by atoms with E-state index in [-0.39, 0.29) is 29.8 Å². The zero-order chi connectivity index (χ0) is 14.6. The van der Waals surface area contributed by atoms with Gasteiger partial charge in [-0.25, -0.2) is 10.8 Å². The number of nitrogens with one attached hydrogen (secondary N) is 2. The lowest BCUT2D eigenvalue weighted by atomic mass is 9.95. The first-order valence-electron chi connectivity index (χ1n) is 5.65. The maximum absolute atomic E-state index is 11.0. The maximum atomic E-state index is 11.0. The van der Waals surface area contributed by atoms with Gasteiger partial charge in [-0.2, -0.15) is 4.98 Å². The van der Waals surface area contributed by atoms with E-state index in [2.05, 4.69) is 20.7 Å². The Kier molecular flexibility index (Phi) is 4.57. The molecule has 0 saturated carbocycles. The summed E-state index contributed by atoms with van der Waals surface area (Å²) in [6.07, 6.45) is 0. The Morgan fingerprint density at radius 3 is 2.58 bits per heavy atom. The molecule has 0 bridgehead atoms. The Hall–Kier alpha value is -2.00. The number of aryl methyl sites for hydroxylation is 1. The highest BCUT2D eigenvalue weighted by molar-refractivity contribution is 5.60. The minimum atomic E-state index is -0.552. The zero-order valence-corrected chi connectivity index (χ0v) is 11.1. The topological polar surface area (TPSA) is 139 Å². The highest BCUT2D eigenvalue weighted by atomic mass is 16.6. The molecule has 19 heavy (non-hydrogen) atoms. The molecular weight excluding hydrogens is 252 g/mol. The van der Waals surface area contributed by atoms with Gasteiger partial charge >= 0.3 is 5.69 Å². The molecule has 0 unspecified atom stereocenters. The molecule has 1 aromatic rings. The Morgan fingerprint density at radius 1 is 1.47 bits per heavy atom. The largest absolute Gasteiger partial charge is 0.396 e. The van der Waals surface area contributed by atoms with E-state index in [1.807, 2.05) is 13.8 Å². The summed E-state index contributed by atoms with van der Waals surface area (Å²) in [5.41, 5.74) is 1.83. The van der Waals surface area contributed by atoms with Gasteiger partial charge in [0.1, 0.15) is 5.69 Å². The molecule has 5 N–H and O–H groups in total. The molecule has 0 aliphatic rings. The number of nitrogen functional groups attached to an aromatic ring is 1. The van der Waals surface area contributed by atoms with Gasteiger partial charge in [-0.3, -0.25) is 15.5 Å². The van der Waals surface area contributed by atoms with Crippen LogP contribution in [0.5, 0.6) is 0 Å². The molecule has 106 valence electrons. The number of nitrogens with two attached hydrogens (primary N) is 1.